The molecular weight excluding hydrogens is 391 g/mol. The van der Waals surface area contributed by atoms with Crippen molar-refractivity contribution in [2.45, 2.75) is 0 Å². The maximum Gasteiger partial charge on any atom is 3.00 e. The van der Waals surface area contributed by atoms with E-state index >= 15 is 0 Å². The first-order valence-electron chi connectivity index (χ1n) is 7.09. The van der Waals surface area contributed by atoms with Crippen molar-refractivity contribution in [1.82, 2.24) is 0 Å². The third-order valence-electron chi connectivity index (χ3n) is 3.06. The minimum absolute atomic E-state index is 0. The number of allylic oxidation sites excluding steroid dienone is 6. The van der Waals surface area contributed by atoms with Gasteiger partial charge in [-0.15, -0.1) is 0 Å². The van der Waals surface area contributed by atoms with Gasteiger partial charge in [-0.3, -0.25) is 0 Å². The van der Waals surface area contributed by atoms with Crippen molar-refractivity contribution in [3.8, 4) is 0 Å². The zero-order valence-corrected chi connectivity index (χ0v) is 17.4. The summed E-state index contributed by atoms with van der Waals surface area (Å²) in [5, 5.41) is 30.1. The minimum Gasteiger partial charge on any atom is -0.555 e. The first-order chi connectivity index (χ1) is 11.4. The van der Waals surface area contributed by atoms with Crippen molar-refractivity contribution in [3.63, 3.8) is 0 Å². The number of carbonyl (C=O) groups excluding carboxylic acids is 3. The summed E-state index contributed by atoms with van der Waals surface area (Å²) in [5.74, 6) is 0. The van der Waals surface area contributed by atoms with Crippen LogP contribution in [-0.2, 0) is 0 Å². The van der Waals surface area contributed by atoms with E-state index in [4.69, 9.17) is 0 Å². The van der Waals surface area contributed by atoms with Crippen LogP contribution in [0.2, 0.25) is 0 Å². The molecule has 0 atom stereocenters. The first-order valence-corrected chi connectivity index (χ1v) is 12.8. The Hall–Kier alpha value is -2.07. The van der Waals surface area contributed by atoms with E-state index in [1.165, 1.54) is 0 Å². The van der Waals surface area contributed by atoms with Crippen LogP contribution in [0.3, 0.4) is 0 Å². The van der Waals surface area contributed by atoms with E-state index in [0.717, 1.165) is 0 Å². The molecule has 0 unspecified atom stereocenters. The van der Waals surface area contributed by atoms with E-state index in [2.05, 4.69) is 0 Å². The standard InChI is InChI=1S/3C5H6O2Si.P/c3*6-5(7)8-3-1-2-4-8;/h3*1-4,8H,(H,6,7);/q;;;+3/p-3. The van der Waals surface area contributed by atoms with E-state index in [1.807, 2.05) is 0 Å². The van der Waals surface area contributed by atoms with Gasteiger partial charge in [0, 0.05) is 16.8 Å². The van der Waals surface area contributed by atoms with Gasteiger partial charge < -0.3 is 29.7 Å². The SMILES string of the molecule is O=C([O-])[SiH]1C=CC=C1.O=C([O-])[SiH]1C=CC=C1.O=C([O-])[SiH]1C=CC=C1.[P+3]. The van der Waals surface area contributed by atoms with Crippen LogP contribution in [0.4, 0.5) is 14.4 Å². The van der Waals surface area contributed by atoms with Crippen molar-refractivity contribution in [1.29, 1.82) is 0 Å². The summed E-state index contributed by atoms with van der Waals surface area (Å²) in [4.78, 5) is 30.1. The number of rotatable bonds is 3. The van der Waals surface area contributed by atoms with Crippen LogP contribution < -0.4 is 15.3 Å². The number of carboxylic acid groups (broad SMARTS) is 3. The molecule has 25 heavy (non-hydrogen) atoms. The maximum atomic E-state index is 10.0. The summed E-state index contributed by atoms with van der Waals surface area (Å²) in [6.45, 7) is 0. The Morgan fingerprint density at radius 2 is 0.640 bits per heavy atom. The fourth-order valence-electron chi connectivity index (χ4n) is 1.77. The van der Waals surface area contributed by atoms with Gasteiger partial charge in [-0.25, -0.2) is 0 Å². The third-order valence-corrected chi connectivity index (χ3v) is 8.51. The van der Waals surface area contributed by atoms with Gasteiger partial charge in [0.25, 0.3) is 0 Å². The minimum atomic E-state index is -1.71. The Kier molecular flexibility index (Phi) is 11.3. The van der Waals surface area contributed by atoms with Crippen molar-refractivity contribution in [2.75, 3.05) is 0 Å². The van der Waals surface area contributed by atoms with Crippen molar-refractivity contribution in [2.24, 2.45) is 0 Å². The zero-order valence-electron chi connectivity index (χ0n) is 13.1. The van der Waals surface area contributed by atoms with Gasteiger partial charge in [0.2, 0.25) is 0 Å². The summed E-state index contributed by atoms with van der Waals surface area (Å²) < 4.78 is 0. The molecule has 6 nitrogen and oxygen atoms in total. The second kappa shape index (κ2) is 12.3. The van der Waals surface area contributed by atoms with Gasteiger partial charge in [-0.1, -0.05) is 70.7 Å². The van der Waals surface area contributed by atoms with E-state index in [0.29, 0.717) is 0 Å². The van der Waals surface area contributed by atoms with Crippen LogP contribution in [0.25, 0.3) is 0 Å². The topological polar surface area (TPSA) is 120 Å². The van der Waals surface area contributed by atoms with Crippen LogP contribution in [0.15, 0.2) is 70.7 Å². The normalized spacial score (nSPS) is 16.8. The van der Waals surface area contributed by atoms with Gasteiger partial charge in [0.15, 0.2) is 0 Å². The number of hydrogen-bond acceptors (Lipinski definition) is 6. The second-order valence-corrected chi connectivity index (χ2v) is 11.7. The summed E-state index contributed by atoms with van der Waals surface area (Å²) >= 11 is 0. The predicted molar refractivity (Wildman–Crippen MR) is 99.4 cm³/mol. The average Bonchev–Trinajstić information content (AvgIpc) is 3.29. The van der Waals surface area contributed by atoms with Crippen molar-refractivity contribution >= 4 is 53.1 Å². The quantitative estimate of drug-likeness (QED) is 0.433. The van der Waals surface area contributed by atoms with Crippen LogP contribution >= 0.6 is 9.90 Å². The van der Waals surface area contributed by atoms with Gasteiger partial charge in [-0.05, 0) is 0 Å². The Morgan fingerprint density at radius 3 is 0.720 bits per heavy atom. The maximum absolute atomic E-state index is 10.0. The largest absolute Gasteiger partial charge is 3.00 e. The molecule has 0 aromatic carbocycles. The van der Waals surface area contributed by atoms with Gasteiger partial charge >= 0.3 is 9.90 Å². The Labute approximate surface area is 153 Å². The number of carbonyl (C=O) groups is 3. The van der Waals surface area contributed by atoms with E-state index in [9.17, 15) is 29.7 Å². The molecule has 0 fully saturated rings. The van der Waals surface area contributed by atoms with Crippen molar-refractivity contribution < 1.29 is 29.7 Å². The van der Waals surface area contributed by atoms with Gasteiger partial charge in [0.05, 0.1) is 0 Å². The van der Waals surface area contributed by atoms with Gasteiger partial charge in [0.1, 0.15) is 26.4 Å². The fourth-order valence-corrected chi connectivity index (χ4v) is 5.30. The Balaban J connectivity index is 0.000000339. The average molecular weight is 407 g/mol. The molecule has 10 heteroatoms. The Morgan fingerprint density at radius 1 is 0.480 bits per heavy atom. The van der Waals surface area contributed by atoms with Crippen molar-refractivity contribution in [3.05, 3.63) is 70.7 Å². The first kappa shape index (κ1) is 22.9. The van der Waals surface area contributed by atoms with E-state index in [1.54, 1.807) is 70.7 Å². The summed E-state index contributed by atoms with van der Waals surface area (Å²) in [6.07, 6.45) is 10.5. The molecule has 0 amide bonds. The number of hydrogen-bond donors (Lipinski definition) is 0. The predicted octanol–water partition coefficient (Wildman–Crippen LogP) is -1.11. The molecule has 2 radical (unpaired) electrons. The van der Waals surface area contributed by atoms with Crippen LogP contribution in [0.1, 0.15) is 0 Å². The van der Waals surface area contributed by atoms with E-state index < -0.39 is 43.2 Å². The monoisotopic (exact) mass is 406 g/mol. The summed E-state index contributed by atoms with van der Waals surface area (Å²) in [5.41, 5.74) is 7.62. The Bertz CT molecular complexity index is 540. The van der Waals surface area contributed by atoms with Crippen LogP contribution in [0, 0.1) is 0 Å². The molecule has 0 saturated carbocycles. The fraction of sp³-hybridized carbons (Fsp3) is 0. The molecule has 3 aliphatic rings. The van der Waals surface area contributed by atoms with Gasteiger partial charge in [-0.2, -0.15) is 0 Å². The molecule has 0 spiro atoms. The molecule has 0 bridgehead atoms. The molecule has 0 aliphatic carbocycles. The summed E-state index contributed by atoms with van der Waals surface area (Å²) in [7, 11) is -5.13. The third kappa shape index (κ3) is 9.11. The molecule has 3 rings (SSSR count). The molecular formula is C15H15O6PSi3. The summed E-state index contributed by atoms with van der Waals surface area (Å²) in [6, 6.07) is 0. The second-order valence-electron chi connectivity index (χ2n) is 4.84. The molecule has 128 valence electrons. The molecule has 0 saturated heterocycles. The molecule has 3 heterocycles. The molecule has 0 N–H and O–H groups in total. The zero-order chi connectivity index (χ0) is 17.9. The molecule has 3 aliphatic heterocycles. The smallest absolute Gasteiger partial charge is 0.555 e. The van der Waals surface area contributed by atoms with E-state index in [-0.39, 0.29) is 9.90 Å². The van der Waals surface area contributed by atoms with Crippen LogP contribution in [0.5, 0.6) is 0 Å². The van der Waals surface area contributed by atoms with Crippen LogP contribution in [-0.4, -0.2) is 43.2 Å². The molecule has 0 aromatic heterocycles. The molecule has 0 aromatic rings.